The smallest absolute Gasteiger partial charge is 0.241 e. The van der Waals surface area contributed by atoms with E-state index in [2.05, 4.69) is 4.72 Å². The summed E-state index contributed by atoms with van der Waals surface area (Å²) >= 11 is 0. The summed E-state index contributed by atoms with van der Waals surface area (Å²) in [5, 5.41) is 4.76. The zero-order chi connectivity index (χ0) is 24.7. The van der Waals surface area contributed by atoms with Crippen molar-refractivity contribution in [1.82, 2.24) is 14.5 Å². The van der Waals surface area contributed by atoms with Crippen LogP contribution in [0.3, 0.4) is 0 Å². The lowest BCUT2D eigenvalue weighted by Crippen LogP contribution is -2.23. The van der Waals surface area contributed by atoms with E-state index in [1.807, 2.05) is 85.4 Å². The first kappa shape index (κ1) is 24.5. The number of nitrogens with one attached hydrogen (secondary N) is 1. The summed E-state index contributed by atoms with van der Waals surface area (Å²) in [6.45, 7) is 5.25. The molecular formula is C27H29N3O4S. The molecule has 1 aromatic heterocycles. The number of benzene rings is 3. The van der Waals surface area contributed by atoms with E-state index < -0.39 is 10.0 Å². The molecular weight excluding hydrogens is 462 g/mol. The molecule has 0 unspecified atom stereocenters. The molecule has 4 rings (SSSR count). The molecule has 0 aliphatic rings. The molecule has 8 heteroatoms. The first-order chi connectivity index (χ1) is 17.0. The number of hydrogen-bond donors (Lipinski definition) is 1. The van der Waals surface area contributed by atoms with Gasteiger partial charge in [0.1, 0.15) is 0 Å². The largest absolute Gasteiger partial charge is 0.490 e. The Labute approximate surface area is 206 Å². The zero-order valence-corrected chi connectivity index (χ0v) is 20.7. The van der Waals surface area contributed by atoms with Gasteiger partial charge in [-0.1, -0.05) is 60.7 Å². The SMILES string of the molecule is CCOc1ccc(S(=O)(=O)NCc2cn(Cc3ccccc3)nc2-c2ccccc2)cc1OCC. The molecule has 0 fully saturated rings. The summed E-state index contributed by atoms with van der Waals surface area (Å²) < 4.78 is 42.0. The Morgan fingerprint density at radius 3 is 2.20 bits per heavy atom. The summed E-state index contributed by atoms with van der Waals surface area (Å²) in [4.78, 5) is 0.113. The van der Waals surface area contributed by atoms with Crippen LogP contribution in [-0.4, -0.2) is 31.4 Å². The average Bonchev–Trinajstić information content (AvgIpc) is 3.28. The molecule has 4 aromatic rings. The molecule has 0 bridgehead atoms. The predicted octanol–water partition coefficient (Wildman–Crippen LogP) is 4.87. The molecule has 1 heterocycles. The van der Waals surface area contributed by atoms with Gasteiger partial charge in [0, 0.05) is 29.9 Å². The summed E-state index contributed by atoms with van der Waals surface area (Å²) in [5.74, 6) is 0.916. The van der Waals surface area contributed by atoms with E-state index >= 15 is 0 Å². The van der Waals surface area contributed by atoms with E-state index in [0.717, 1.165) is 22.4 Å². The van der Waals surface area contributed by atoms with Gasteiger partial charge in [-0.05, 0) is 31.5 Å². The maximum Gasteiger partial charge on any atom is 0.241 e. The molecule has 7 nitrogen and oxygen atoms in total. The van der Waals surface area contributed by atoms with Crippen molar-refractivity contribution in [2.45, 2.75) is 31.8 Å². The molecule has 182 valence electrons. The summed E-state index contributed by atoms with van der Waals surface area (Å²) in [5.41, 5.74) is 3.56. The second-order valence-electron chi connectivity index (χ2n) is 7.85. The molecule has 35 heavy (non-hydrogen) atoms. The molecule has 0 aliphatic carbocycles. The molecule has 0 atom stereocenters. The van der Waals surface area contributed by atoms with Gasteiger partial charge >= 0.3 is 0 Å². The van der Waals surface area contributed by atoms with Crippen molar-refractivity contribution in [2.75, 3.05) is 13.2 Å². The molecule has 0 aliphatic heterocycles. The third kappa shape index (κ3) is 6.09. The van der Waals surface area contributed by atoms with Crippen molar-refractivity contribution < 1.29 is 17.9 Å². The van der Waals surface area contributed by atoms with Gasteiger partial charge in [0.25, 0.3) is 0 Å². The Hall–Kier alpha value is -3.62. The van der Waals surface area contributed by atoms with Gasteiger partial charge in [0.2, 0.25) is 10.0 Å². The van der Waals surface area contributed by atoms with Crippen molar-refractivity contribution in [3.05, 3.63) is 96.2 Å². The number of nitrogens with zero attached hydrogens (tertiary/aromatic N) is 2. The predicted molar refractivity (Wildman–Crippen MR) is 136 cm³/mol. The number of hydrogen-bond acceptors (Lipinski definition) is 5. The molecule has 0 amide bonds. The highest BCUT2D eigenvalue weighted by molar-refractivity contribution is 7.89. The monoisotopic (exact) mass is 491 g/mol. The fourth-order valence-corrected chi connectivity index (χ4v) is 4.76. The summed E-state index contributed by atoms with van der Waals surface area (Å²) in [6, 6.07) is 24.4. The number of rotatable bonds is 11. The minimum atomic E-state index is -3.80. The zero-order valence-electron chi connectivity index (χ0n) is 19.8. The quantitative estimate of drug-likeness (QED) is 0.324. The minimum absolute atomic E-state index is 0.0958. The summed E-state index contributed by atoms with van der Waals surface area (Å²) in [6.07, 6.45) is 1.89. The van der Waals surface area contributed by atoms with Crippen molar-refractivity contribution in [2.24, 2.45) is 0 Å². The van der Waals surface area contributed by atoms with E-state index in [9.17, 15) is 8.42 Å². The Morgan fingerprint density at radius 2 is 1.51 bits per heavy atom. The topological polar surface area (TPSA) is 82.5 Å². The van der Waals surface area contributed by atoms with E-state index in [4.69, 9.17) is 14.6 Å². The number of sulfonamides is 1. The molecule has 0 saturated heterocycles. The standard InChI is InChI=1S/C27H29N3O4S/c1-3-33-25-16-15-24(17-26(25)34-4-2)35(31,32)28-18-23-20-30(19-21-11-7-5-8-12-21)29-27(23)22-13-9-6-10-14-22/h5-17,20,28H,3-4,18-19H2,1-2H3. The van der Waals surface area contributed by atoms with E-state index in [-0.39, 0.29) is 11.4 Å². The van der Waals surface area contributed by atoms with Crippen LogP contribution in [0, 0.1) is 0 Å². The van der Waals surface area contributed by atoms with Crippen LogP contribution in [0.25, 0.3) is 11.3 Å². The lowest BCUT2D eigenvalue weighted by atomic mass is 10.1. The molecule has 0 spiro atoms. The van der Waals surface area contributed by atoms with Crippen LogP contribution >= 0.6 is 0 Å². The van der Waals surface area contributed by atoms with Gasteiger partial charge in [-0.2, -0.15) is 5.10 Å². The molecule has 0 saturated carbocycles. The lowest BCUT2D eigenvalue weighted by Gasteiger charge is -2.13. The Kier molecular flexibility index (Phi) is 7.84. The van der Waals surface area contributed by atoms with Gasteiger partial charge < -0.3 is 9.47 Å². The lowest BCUT2D eigenvalue weighted by molar-refractivity contribution is 0.287. The highest BCUT2D eigenvalue weighted by atomic mass is 32.2. The number of aromatic nitrogens is 2. The van der Waals surface area contributed by atoms with Crippen molar-refractivity contribution in [1.29, 1.82) is 0 Å². The Bertz CT molecular complexity index is 1350. The van der Waals surface area contributed by atoms with Crippen LogP contribution < -0.4 is 14.2 Å². The first-order valence-corrected chi connectivity index (χ1v) is 13.0. The Morgan fingerprint density at radius 1 is 0.857 bits per heavy atom. The molecule has 3 aromatic carbocycles. The van der Waals surface area contributed by atoms with Gasteiger partial charge in [0.15, 0.2) is 11.5 Å². The third-order valence-electron chi connectivity index (χ3n) is 5.35. The van der Waals surface area contributed by atoms with Crippen molar-refractivity contribution >= 4 is 10.0 Å². The molecule has 0 radical (unpaired) electrons. The van der Waals surface area contributed by atoms with Crippen LogP contribution in [0.1, 0.15) is 25.0 Å². The maximum absolute atomic E-state index is 13.1. The van der Waals surface area contributed by atoms with E-state index in [1.54, 1.807) is 6.07 Å². The van der Waals surface area contributed by atoms with Crippen LogP contribution in [0.5, 0.6) is 11.5 Å². The average molecular weight is 492 g/mol. The van der Waals surface area contributed by atoms with Gasteiger partial charge in [-0.25, -0.2) is 13.1 Å². The summed E-state index contributed by atoms with van der Waals surface area (Å²) in [7, 11) is -3.80. The normalized spacial score (nSPS) is 11.4. The van der Waals surface area contributed by atoms with Crippen molar-refractivity contribution in [3.63, 3.8) is 0 Å². The van der Waals surface area contributed by atoms with Gasteiger partial charge in [0.05, 0.1) is 30.3 Å². The van der Waals surface area contributed by atoms with Crippen LogP contribution in [0.4, 0.5) is 0 Å². The maximum atomic E-state index is 13.1. The van der Waals surface area contributed by atoms with Crippen LogP contribution in [0.2, 0.25) is 0 Å². The van der Waals surface area contributed by atoms with E-state index in [1.165, 1.54) is 12.1 Å². The first-order valence-electron chi connectivity index (χ1n) is 11.5. The highest BCUT2D eigenvalue weighted by Crippen LogP contribution is 2.30. The second kappa shape index (κ2) is 11.2. The highest BCUT2D eigenvalue weighted by Gasteiger charge is 2.19. The second-order valence-corrected chi connectivity index (χ2v) is 9.62. The number of ether oxygens (including phenoxy) is 2. The minimum Gasteiger partial charge on any atom is -0.490 e. The van der Waals surface area contributed by atoms with Gasteiger partial charge in [-0.3, -0.25) is 4.68 Å². The fourth-order valence-electron chi connectivity index (χ4n) is 3.74. The fraction of sp³-hybridized carbons (Fsp3) is 0.222. The van der Waals surface area contributed by atoms with Crippen LogP contribution in [0.15, 0.2) is 90.0 Å². The van der Waals surface area contributed by atoms with Crippen LogP contribution in [-0.2, 0) is 23.1 Å². The third-order valence-corrected chi connectivity index (χ3v) is 6.75. The van der Waals surface area contributed by atoms with E-state index in [0.29, 0.717) is 31.3 Å². The molecule has 1 N–H and O–H groups in total. The van der Waals surface area contributed by atoms with Gasteiger partial charge in [-0.15, -0.1) is 0 Å². The Balaban J connectivity index is 1.60. The van der Waals surface area contributed by atoms with Crippen molar-refractivity contribution in [3.8, 4) is 22.8 Å².